The maximum Gasteiger partial charge on any atom is 0.239 e. The number of carbonyl (C=O) groups excluding carboxylic acids is 1. The molecule has 1 aromatic heterocycles. The molecule has 1 heterocycles. The first-order chi connectivity index (χ1) is 14.5. The van der Waals surface area contributed by atoms with E-state index in [4.69, 9.17) is 16.6 Å². The molecular weight excluding hydrogens is 418 g/mol. The van der Waals surface area contributed by atoms with Crippen LogP contribution in [-0.2, 0) is 17.8 Å². The van der Waals surface area contributed by atoms with Gasteiger partial charge in [0.25, 0.3) is 0 Å². The minimum absolute atomic E-state index is 0.0257. The number of anilines is 1. The predicted molar refractivity (Wildman–Crippen MR) is 123 cm³/mol. The highest BCUT2D eigenvalue weighted by Gasteiger charge is 2.17. The number of hydrogen-bond donors (Lipinski definition) is 1. The highest BCUT2D eigenvalue weighted by atomic mass is 35.5. The Bertz CT molecular complexity index is 930. The number of amides is 1. The molecule has 0 bridgehead atoms. The van der Waals surface area contributed by atoms with Crippen LogP contribution in [0.4, 0.5) is 5.13 Å². The molecule has 0 aliphatic carbocycles. The number of nitrogens with one attached hydrogen (secondary N) is 1. The molecule has 6 nitrogen and oxygen atoms in total. The van der Waals surface area contributed by atoms with Crippen molar-refractivity contribution in [1.82, 2.24) is 19.6 Å². The number of nitrogens with zero attached hydrogens (tertiary/aromatic N) is 4. The molecule has 158 valence electrons. The Morgan fingerprint density at radius 2 is 1.80 bits per heavy atom. The summed E-state index contributed by atoms with van der Waals surface area (Å²) in [6.45, 7) is 2.24. The predicted octanol–water partition coefficient (Wildman–Crippen LogP) is 3.47. The first-order valence-corrected chi connectivity index (χ1v) is 10.9. The van der Waals surface area contributed by atoms with E-state index < -0.39 is 0 Å². The van der Waals surface area contributed by atoms with E-state index in [0.29, 0.717) is 24.5 Å². The van der Waals surface area contributed by atoms with Crippen molar-refractivity contribution in [2.75, 3.05) is 38.6 Å². The molecule has 0 unspecified atom stereocenters. The molecule has 1 amide bonds. The zero-order valence-corrected chi connectivity index (χ0v) is 18.8. The Labute approximate surface area is 186 Å². The second-order valence-corrected chi connectivity index (χ2v) is 8.46. The highest BCUT2D eigenvalue weighted by molar-refractivity contribution is 7.09. The van der Waals surface area contributed by atoms with E-state index in [1.54, 1.807) is 0 Å². The zero-order valence-electron chi connectivity index (χ0n) is 17.2. The number of rotatable bonds is 10. The van der Waals surface area contributed by atoms with E-state index in [2.05, 4.69) is 9.69 Å². The second-order valence-electron chi connectivity index (χ2n) is 7.29. The van der Waals surface area contributed by atoms with Crippen LogP contribution in [0.2, 0.25) is 5.02 Å². The van der Waals surface area contributed by atoms with Crippen molar-refractivity contribution < 1.29 is 4.79 Å². The van der Waals surface area contributed by atoms with Crippen LogP contribution in [0.5, 0.6) is 0 Å². The number of carbonyl (C=O) groups is 1. The van der Waals surface area contributed by atoms with E-state index in [-0.39, 0.29) is 12.5 Å². The largest absolute Gasteiger partial charge is 0.353 e. The van der Waals surface area contributed by atoms with Gasteiger partial charge in [0.05, 0.1) is 6.54 Å². The monoisotopic (exact) mass is 443 g/mol. The fraction of sp³-hybridized carbons (Fsp3) is 0.318. The van der Waals surface area contributed by atoms with Crippen molar-refractivity contribution >= 4 is 34.2 Å². The lowest BCUT2D eigenvalue weighted by Crippen LogP contribution is -2.39. The number of benzene rings is 2. The van der Waals surface area contributed by atoms with Crippen LogP contribution >= 0.6 is 23.1 Å². The SMILES string of the molecule is CN(C)CCNC(=O)CN(Cc1ccccc1)c1nc(Cc2ccc(Cl)cc2)ns1. The normalized spacial score (nSPS) is 10.9. The molecule has 8 heteroatoms. The van der Waals surface area contributed by atoms with Crippen molar-refractivity contribution in [3.05, 3.63) is 76.6 Å². The first-order valence-electron chi connectivity index (χ1n) is 9.77. The Morgan fingerprint density at radius 1 is 1.07 bits per heavy atom. The third-order valence-electron chi connectivity index (χ3n) is 4.44. The van der Waals surface area contributed by atoms with Crippen molar-refractivity contribution in [2.45, 2.75) is 13.0 Å². The fourth-order valence-electron chi connectivity index (χ4n) is 2.87. The molecule has 0 fully saturated rings. The van der Waals surface area contributed by atoms with Crippen molar-refractivity contribution in [3.8, 4) is 0 Å². The van der Waals surface area contributed by atoms with Crippen LogP contribution in [0.1, 0.15) is 17.0 Å². The summed E-state index contributed by atoms with van der Waals surface area (Å²) in [6.07, 6.45) is 0.627. The highest BCUT2D eigenvalue weighted by Crippen LogP contribution is 2.21. The standard InChI is InChI=1S/C22H26ClN5OS/c1-27(2)13-12-24-21(29)16-28(15-18-6-4-3-5-7-18)22-25-20(26-30-22)14-17-8-10-19(23)11-9-17/h3-11H,12-16H2,1-2H3,(H,24,29). The van der Waals surface area contributed by atoms with Gasteiger partial charge in [0.1, 0.15) is 5.82 Å². The molecular formula is C22H26ClN5OS. The van der Waals surface area contributed by atoms with E-state index in [9.17, 15) is 4.79 Å². The average Bonchev–Trinajstić information content (AvgIpc) is 3.18. The van der Waals surface area contributed by atoms with Gasteiger partial charge in [0.2, 0.25) is 11.0 Å². The van der Waals surface area contributed by atoms with E-state index in [1.165, 1.54) is 11.5 Å². The van der Waals surface area contributed by atoms with Gasteiger partial charge in [-0.1, -0.05) is 54.1 Å². The van der Waals surface area contributed by atoms with Crippen LogP contribution < -0.4 is 10.2 Å². The lowest BCUT2D eigenvalue weighted by Gasteiger charge is -2.21. The Kier molecular flexibility index (Phi) is 8.19. The molecule has 0 radical (unpaired) electrons. The van der Waals surface area contributed by atoms with Crippen molar-refractivity contribution in [1.29, 1.82) is 0 Å². The Morgan fingerprint density at radius 3 is 2.50 bits per heavy atom. The van der Waals surface area contributed by atoms with Crippen LogP contribution in [0.3, 0.4) is 0 Å². The van der Waals surface area contributed by atoms with Crippen molar-refractivity contribution in [2.24, 2.45) is 0 Å². The van der Waals surface area contributed by atoms with Crippen molar-refractivity contribution in [3.63, 3.8) is 0 Å². The summed E-state index contributed by atoms with van der Waals surface area (Å²) in [5.41, 5.74) is 2.22. The Hall–Kier alpha value is -2.48. The lowest BCUT2D eigenvalue weighted by molar-refractivity contribution is -0.119. The third-order valence-corrected chi connectivity index (χ3v) is 5.50. The summed E-state index contributed by atoms with van der Waals surface area (Å²) < 4.78 is 4.51. The van der Waals surface area contributed by atoms with Crippen LogP contribution in [-0.4, -0.2) is 53.9 Å². The minimum atomic E-state index is -0.0257. The van der Waals surface area contributed by atoms with Gasteiger partial charge in [-0.3, -0.25) is 4.79 Å². The van der Waals surface area contributed by atoms with Gasteiger partial charge in [0, 0.05) is 42.6 Å². The molecule has 1 N–H and O–H groups in total. The van der Waals surface area contributed by atoms with Gasteiger partial charge in [0.15, 0.2) is 0 Å². The molecule has 0 atom stereocenters. The smallest absolute Gasteiger partial charge is 0.239 e. The molecule has 3 rings (SSSR count). The van der Waals surface area contributed by atoms with Gasteiger partial charge in [-0.15, -0.1) is 0 Å². The molecule has 0 saturated heterocycles. The van der Waals surface area contributed by atoms with E-state index in [0.717, 1.165) is 28.6 Å². The minimum Gasteiger partial charge on any atom is -0.353 e. The van der Waals surface area contributed by atoms with Crippen LogP contribution in [0.25, 0.3) is 0 Å². The summed E-state index contributed by atoms with van der Waals surface area (Å²) >= 11 is 7.28. The van der Waals surface area contributed by atoms with Gasteiger partial charge in [-0.05, 0) is 37.4 Å². The topological polar surface area (TPSA) is 61.4 Å². The van der Waals surface area contributed by atoms with Crippen LogP contribution in [0, 0.1) is 0 Å². The van der Waals surface area contributed by atoms with Gasteiger partial charge >= 0.3 is 0 Å². The summed E-state index contributed by atoms with van der Waals surface area (Å²) in [6, 6.07) is 17.8. The van der Waals surface area contributed by atoms with Gasteiger partial charge < -0.3 is 15.1 Å². The summed E-state index contributed by atoms with van der Waals surface area (Å²) in [5.74, 6) is 0.714. The molecule has 30 heavy (non-hydrogen) atoms. The number of aromatic nitrogens is 2. The molecule has 0 aliphatic rings. The quantitative estimate of drug-likeness (QED) is 0.520. The molecule has 3 aromatic rings. The summed E-state index contributed by atoms with van der Waals surface area (Å²) in [7, 11) is 3.97. The Balaban J connectivity index is 1.70. The fourth-order valence-corrected chi connectivity index (χ4v) is 3.68. The average molecular weight is 444 g/mol. The third kappa shape index (κ3) is 7.09. The maximum absolute atomic E-state index is 12.5. The first kappa shape index (κ1) is 22.2. The number of hydrogen-bond acceptors (Lipinski definition) is 6. The number of halogens is 1. The number of likely N-dealkylation sites (N-methyl/N-ethyl adjacent to an activating group) is 1. The molecule has 2 aromatic carbocycles. The zero-order chi connectivity index (χ0) is 21.3. The molecule has 0 aliphatic heterocycles. The van der Waals surface area contributed by atoms with E-state index in [1.807, 2.05) is 78.5 Å². The molecule has 0 spiro atoms. The van der Waals surface area contributed by atoms with E-state index >= 15 is 0 Å². The van der Waals surface area contributed by atoms with Crippen LogP contribution in [0.15, 0.2) is 54.6 Å². The van der Waals surface area contributed by atoms with Gasteiger partial charge in [-0.25, -0.2) is 4.98 Å². The van der Waals surface area contributed by atoms with Gasteiger partial charge in [-0.2, -0.15) is 4.37 Å². The summed E-state index contributed by atoms with van der Waals surface area (Å²) in [5, 5.41) is 4.42. The molecule has 0 saturated carbocycles. The maximum atomic E-state index is 12.5. The second kappa shape index (κ2) is 11.1. The lowest BCUT2D eigenvalue weighted by atomic mass is 10.1. The summed E-state index contributed by atoms with van der Waals surface area (Å²) in [4.78, 5) is 21.2.